The normalized spacial score (nSPS) is 18.3. The van der Waals surface area contributed by atoms with E-state index in [1.807, 2.05) is 32.9 Å². The lowest BCUT2D eigenvalue weighted by Crippen LogP contribution is -2.32. The van der Waals surface area contributed by atoms with Crippen LogP contribution in [0.15, 0.2) is 48.5 Å². The van der Waals surface area contributed by atoms with Gasteiger partial charge >= 0.3 is 18.4 Å². The molecule has 12 heteroatoms. The van der Waals surface area contributed by atoms with Gasteiger partial charge in [-0.2, -0.15) is 26.3 Å². The summed E-state index contributed by atoms with van der Waals surface area (Å²) >= 11 is 12.7. The second-order valence-corrected chi connectivity index (χ2v) is 11.4. The van der Waals surface area contributed by atoms with Gasteiger partial charge in [-0.3, -0.25) is 4.90 Å². The van der Waals surface area contributed by atoms with Crippen molar-refractivity contribution in [2.45, 2.75) is 64.2 Å². The van der Waals surface area contributed by atoms with Gasteiger partial charge in [0.05, 0.1) is 29.4 Å². The van der Waals surface area contributed by atoms with E-state index in [1.54, 1.807) is 18.2 Å². The minimum absolute atomic E-state index is 0.0281. The summed E-state index contributed by atoms with van der Waals surface area (Å²) in [5.41, 5.74) is -1.14. The largest absolute Gasteiger partial charge is 0.439 e. The van der Waals surface area contributed by atoms with Crippen LogP contribution in [0, 0.1) is 0 Å². The van der Waals surface area contributed by atoms with Crippen molar-refractivity contribution in [1.82, 2.24) is 9.88 Å². The fourth-order valence-corrected chi connectivity index (χ4v) is 4.89. The number of halogens is 8. The van der Waals surface area contributed by atoms with Gasteiger partial charge in [0.25, 0.3) is 0 Å². The van der Waals surface area contributed by atoms with Crippen LogP contribution in [0.25, 0.3) is 11.1 Å². The molecule has 1 aliphatic heterocycles. The number of amides is 1. The SMILES string of the molecule is C[C@H]1[C@@H](c2cc(C(F)(F)F)cc(C(F)(F)F)c2)OC(=O)N1Cc1nc(Cl)ccc1-c1cc(C(C)(C)C)ccc1Cl. The smallest absolute Gasteiger partial charge is 0.416 e. The van der Waals surface area contributed by atoms with Gasteiger partial charge in [0.1, 0.15) is 11.3 Å². The fraction of sp³-hybridized carbons (Fsp3) is 0.357. The standard InChI is InChI=1S/C28H24Cl2F6N2O2/c1-14-24(15-9-17(27(31,32)33)11-18(10-15)28(34,35)36)40-25(39)38(14)13-22-19(6-8-23(30)37-22)20-12-16(26(2,3)4)5-7-21(20)29/h5-12,14,24H,13H2,1-4H3/t14-,24-/m0/s1. The highest BCUT2D eigenvalue weighted by Crippen LogP contribution is 2.42. The maximum Gasteiger partial charge on any atom is 0.416 e. The van der Waals surface area contributed by atoms with Crippen LogP contribution >= 0.6 is 23.2 Å². The van der Waals surface area contributed by atoms with E-state index in [2.05, 4.69) is 4.98 Å². The van der Waals surface area contributed by atoms with E-state index in [0.29, 0.717) is 34.0 Å². The van der Waals surface area contributed by atoms with E-state index in [1.165, 1.54) is 11.8 Å². The summed E-state index contributed by atoms with van der Waals surface area (Å²) in [5, 5.41) is 0.531. The zero-order chi connectivity index (χ0) is 29.8. The lowest BCUT2D eigenvalue weighted by atomic mass is 9.85. The average Bonchev–Trinajstić information content (AvgIpc) is 3.11. The Morgan fingerprint density at radius 1 is 0.850 bits per heavy atom. The van der Waals surface area contributed by atoms with Crippen LogP contribution in [0.1, 0.15) is 61.7 Å². The molecule has 2 atom stereocenters. The van der Waals surface area contributed by atoms with Crippen LogP contribution < -0.4 is 0 Å². The zero-order valence-electron chi connectivity index (χ0n) is 21.7. The second kappa shape index (κ2) is 10.4. The van der Waals surface area contributed by atoms with E-state index >= 15 is 0 Å². The number of pyridine rings is 1. The monoisotopic (exact) mass is 604 g/mol. The third-order valence-corrected chi connectivity index (χ3v) is 7.25. The molecule has 1 aliphatic rings. The lowest BCUT2D eigenvalue weighted by Gasteiger charge is -2.24. The minimum Gasteiger partial charge on any atom is -0.439 e. The Morgan fingerprint density at radius 2 is 1.45 bits per heavy atom. The summed E-state index contributed by atoms with van der Waals surface area (Å²) in [4.78, 5) is 18.4. The minimum atomic E-state index is -5.04. The number of rotatable bonds is 4. The van der Waals surface area contributed by atoms with E-state index in [-0.39, 0.29) is 23.2 Å². The number of ether oxygens (including phenoxy) is 1. The Kier molecular flexibility index (Phi) is 7.83. The molecule has 0 unspecified atom stereocenters. The van der Waals surface area contributed by atoms with Crippen molar-refractivity contribution in [2.75, 3.05) is 0 Å². The molecular weight excluding hydrogens is 581 g/mol. The van der Waals surface area contributed by atoms with Crippen molar-refractivity contribution >= 4 is 29.3 Å². The molecule has 0 aliphatic carbocycles. The predicted molar refractivity (Wildman–Crippen MR) is 139 cm³/mol. The summed E-state index contributed by atoms with van der Waals surface area (Å²) in [6.07, 6.45) is -12.4. The summed E-state index contributed by atoms with van der Waals surface area (Å²) in [7, 11) is 0. The van der Waals surface area contributed by atoms with Gasteiger partial charge in [-0.1, -0.05) is 50.0 Å². The van der Waals surface area contributed by atoms with E-state index in [4.69, 9.17) is 27.9 Å². The van der Waals surface area contributed by atoms with Crippen LogP contribution in [0.4, 0.5) is 31.1 Å². The first-order valence-corrected chi connectivity index (χ1v) is 12.8. The maximum atomic E-state index is 13.4. The Morgan fingerprint density at radius 3 is 2.00 bits per heavy atom. The maximum absolute atomic E-state index is 13.4. The number of aromatic nitrogens is 1. The van der Waals surface area contributed by atoms with E-state index in [0.717, 1.165) is 5.56 Å². The number of nitrogens with zero attached hydrogens (tertiary/aromatic N) is 2. The summed E-state index contributed by atoms with van der Waals surface area (Å²) < 4.78 is 85.8. The molecule has 3 aromatic rings. The molecule has 1 amide bonds. The van der Waals surface area contributed by atoms with Crippen LogP contribution in [0.2, 0.25) is 10.2 Å². The van der Waals surface area contributed by atoms with Gasteiger partial charge in [0.2, 0.25) is 0 Å². The Hall–Kier alpha value is -2.98. The quantitative estimate of drug-likeness (QED) is 0.220. The first kappa shape index (κ1) is 30.0. The van der Waals surface area contributed by atoms with Gasteiger partial charge in [-0.25, -0.2) is 9.78 Å². The number of hydrogen-bond acceptors (Lipinski definition) is 3. The molecule has 0 radical (unpaired) electrons. The Bertz CT molecular complexity index is 1420. The molecule has 1 aromatic heterocycles. The number of alkyl halides is 6. The molecule has 214 valence electrons. The van der Waals surface area contributed by atoms with Gasteiger partial charge in [0, 0.05) is 16.1 Å². The fourth-order valence-electron chi connectivity index (χ4n) is 4.50. The van der Waals surface area contributed by atoms with Crippen LogP contribution in [0.3, 0.4) is 0 Å². The van der Waals surface area contributed by atoms with Gasteiger partial charge in [-0.05, 0) is 65.9 Å². The lowest BCUT2D eigenvalue weighted by molar-refractivity contribution is -0.143. The molecule has 2 heterocycles. The van der Waals surface area contributed by atoms with Crippen molar-refractivity contribution in [3.8, 4) is 11.1 Å². The van der Waals surface area contributed by atoms with Crippen molar-refractivity contribution < 1.29 is 35.9 Å². The molecule has 4 nitrogen and oxygen atoms in total. The third kappa shape index (κ3) is 6.17. The molecule has 0 spiro atoms. The van der Waals surface area contributed by atoms with Crippen LogP contribution in [0.5, 0.6) is 0 Å². The van der Waals surface area contributed by atoms with Crippen molar-refractivity contribution in [3.05, 3.63) is 86.7 Å². The van der Waals surface area contributed by atoms with E-state index in [9.17, 15) is 31.1 Å². The van der Waals surface area contributed by atoms with Crippen molar-refractivity contribution in [3.63, 3.8) is 0 Å². The van der Waals surface area contributed by atoms with Crippen LogP contribution in [-0.2, 0) is 29.0 Å². The molecule has 2 aromatic carbocycles. The Labute approximate surface area is 236 Å². The number of carbonyl (C=O) groups excluding carboxylic acids is 1. The summed E-state index contributed by atoms with van der Waals surface area (Å²) in [6.45, 7) is 7.37. The molecule has 0 saturated carbocycles. The Balaban J connectivity index is 1.73. The number of hydrogen-bond donors (Lipinski definition) is 0. The average molecular weight is 605 g/mol. The molecule has 1 fully saturated rings. The molecule has 40 heavy (non-hydrogen) atoms. The number of cyclic esters (lactones) is 1. The molecule has 1 saturated heterocycles. The predicted octanol–water partition coefficient (Wildman–Crippen LogP) is 9.47. The van der Waals surface area contributed by atoms with Crippen molar-refractivity contribution in [2.24, 2.45) is 0 Å². The molecule has 0 bridgehead atoms. The van der Waals surface area contributed by atoms with Gasteiger partial charge in [0.15, 0.2) is 0 Å². The second-order valence-electron chi connectivity index (χ2n) is 10.6. The highest BCUT2D eigenvalue weighted by molar-refractivity contribution is 6.33. The number of carbonyl (C=O) groups is 1. The molecule has 0 N–H and O–H groups in total. The first-order valence-electron chi connectivity index (χ1n) is 12.1. The molecule has 4 rings (SSSR count). The summed E-state index contributed by atoms with van der Waals surface area (Å²) in [5.74, 6) is 0. The molecular formula is C28H24Cl2F6N2O2. The zero-order valence-corrected chi connectivity index (χ0v) is 23.2. The van der Waals surface area contributed by atoms with Crippen molar-refractivity contribution in [1.29, 1.82) is 0 Å². The highest BCUT2D eigenvalue weighted by atomic mass is 35.5. The first-order chi connectivity index (χ1) is 18.4. The summed E-state index contributed by atoms with van der Waals surface area (Å²) in [6, 6.07) is 8.98. The third-order valence-electron chi connectivity index (χ3n) is 6.71. The highest BCUT2D eigenvalue weighted by Gasteiger charge is 2.43. The van der Waals surface area contributed by atoms with Crippen LogP contribution in [-0.4, -0.2) is 22.0 Å². The van der Waals surface area contributed by atoms with E-state index < -0.39 is 47.3 Å². The van der Waals surface area contributed by atoms with Gasteiger partial charge < -0.3 is 4.74 Å². The number of benzene rings is 2. The topological polar surface area (TPSA) is 42.4 Å². The van der Waals surface area contributed by atoms with Gasteiger partial charge in [-0.15, -0.1) is 0 Å².